The lowest BCUT2D eigenvalue weighted by Crippen LogP contribution is -2.67. The Bertz CT molecular complexity index is 1140. The second kappa shape index (κ2) is 6.92. The molecule has 0 aliphatic carbocycles. The van der Waals surface area contributed by atoms with Crippen LogP contribution in [0.25, 0.3) is 0 Å². The number of benzene rings is 3. The van der Waals surface area contributed by atoms with Gasteiger partial charge in [0.25, 0.3) is 5.91 Å². The lowest BCUT2D eigenvalue weighted by atomic mass is 9.88. The summed E-state index contributed by atoms with van der Waals surface area (Å²) in [5, 5.41) is 0.337. The summed E-state index contributed by atoms with van der Waals surface area (Å²) in [4.78, 5) is 17.0. The maximum Gasteiger partial charge on any atom is 0.260 e. The largest absolute Gasteiger partial charge is 0.467 e. The van der Waals surface area contributed by atoms with Crippen LogP contribution in [-0.2, 0) is 0 Å². The van der Waals surface area contributed by atoms with Crippen LogP contribution >= 0.6 is 12.2 Å². The summed E-state index contributed by atoms with van der Waals surface area (Å²) >= 11 is 5.85. The number of thiocarbonyl (C=S) groups is 1. The van der Waals surface area contributed by atoms with Crippen molar-refractivity contribution in [3.63, 3.8) is 0 Å². The number of hydrogen-bond donors (Lipinski definition) is 0. The smallest absolute Gasteiger partial charge is 0.260 e. The highest BCUT2D eigenvalue weighted by atomic mass is 32.1. The van der Waals surface area contributed by atoms with Crippen LogP contribution in [0.3, 0.4) is 0 Å². The van der Waals surface area contributed by atoms with Crippen molar-refractivity contribution in [3.05, 3.63) is 95.8 Å². The number of nitrogens with zero attached hydrogens (tertiary/aromatic N) is 2. The van der Waals surface area contributed by atoms with Gasteiger partial charge >= 0.3 is 0 Å². The molecule has 0 radical (unpaired) electrons. The number of para-hydroxylation sites is 1. The molecular weight excluding hydrogens is 399 g/mol. The molecule has 2 atom stereocenters. The molecule has 150 valence electrons. The average Bonchev–Trinajstić information content (AvgIpc) is 2.75. The normalized spacial score (nSPS) is 22.3. The van der Waals surface area contributed by atoms with E-state index >= 15 is 0 Å². The number of rotatable bonds is 2. The summed E-state index contributed by atoms with van der Waals surface area (Å²) in [6.07, 6.45) is 0.528. The average molecular weight is 418 g/mol. The Kier molecular flexibility index (Phi) is 4.33. The van der Waals surface area contributed by atoms with Crippen LogP contribution in [0.4, 0.5) is 10.1 Å². The number of anilines is 1. The number of amides is 1. The van der Waals surface area contributed by atoms with E-state index in [0.29, 0.717) is 22.8 Å². The molecule has 5 rings (SSSR count). The van der Waals surface area contributed by atoms with E-state index in [0.717, 1.165) is 11.3 Å². The van der Waals surface area contributed by atoms with Gasteiger partial charge in [-0.15, -0.1) is 0 Å². The van der Waals surface area contributed by atoms with Gasteiger partial charge in [-0.25, -0.2) is 4.39 Å². The molecule has 2 aliphatic heterocycles. The maximum atomic E-state index is 13.6. The summed E-state index contributed by atoms with van der Waals surface area (Å²) in [6, 6.07) is 22.7. The maximum absolute atomic E-state index is 13.6. The topological polar surface area (TPSA) is 32.8 Å². The van der Waals surface area contributed by atoms with Crippen LogP contribution in [0.2, 0.25) is 0 Å². The molecule has 3 aromatic rings. The molecule has 3 aromatic carbocycles. The Morgan fingerprint density at radius 1 is 1.03 bits per heavy atom. The van der Waals surface area contributed by atoms with Gasteiger partial charge in [-0.1, -0.05) is 36.4 Å². The summed E-state index contributed by atoms with van der Waals surface area (Å²) in [5.41, 5.74) is 1.36. The summed E-state index contributed by atoms with van der Waals surface area (Å²) in [5.74, 6) is 0.213. The molecule has 0 aromatic heterocycles. The first-order valence-corrected chi connectivity index (χ1v) is 10.1. The fourth-order valence-corrected chi connectivity index (χ4v) is 4.84. The monoisotopic (exact) mass is 418 g/mol. The first kappa shape index (κ1) is 18.8. The van der Waals surface area contributed by atoms with Crippen LogP contribution in [0, 0.1) is 5.82 Å². The third-order valence-electron chi connectivity index (χ3n) is 5.69. The molecule has 0 N–H and O–H groups in total. The van der Waals surface area contributed by atoms with Crippen LogP contribution in [0.15, 0.2) is 78.9 Å². The van der Waals surface area contributed by atoms with Gasteiger partial charge in [0.15, 0.2) is 10.8 Å². The number of carbonyl (C=O) groups is 1. The number of fused-ring (bicyclic) bond motifs is 4. The van der Waals surface area contributed by atoms with Gasteiger partial charge in [-0.3, -0.25) is 14.6 Å². The highest BCUT2D eigenvalue weighted by Crippen LogP contribution is 2.49. The Morgan fingerprint density at radius 2 is 1.70 bits per heavy atom. The molecule has 2 bridgehead atoms. The molecule has 1 fully saturated rings. The lowest BCUT2D eigenvalue weighted by Gasteiger charge is -2.55. The van der Waals surface area contributed by atoms with Crippen LogP contribution in [0.1, 0.15) is 35.3 Å². The molecule has 0 spiro atoms. The molecule has 0 unspecified atom stereocenters. The minimum atomic E-state index is -0.804. The standard InChI is InChI=1S/C24H19FN2O2S/c1-24-15-20(19-9-5-6-10-21(19)29-24)26(22(28)16-7-3-2-4-8-16)23(30)27(24)18-13-11-17(25)12-14-18/h2-14,20H,15H2,1H3/t20-,24-/m0/s1. The van der Waals surface area contributed by atoms with Gasteiger partial charge in [0, 0.05) is 23.2 Å². The minimum Gasteiger partial charge on any atom is -0.467 e. The molecule has 4 nitrogen and oxygen atoms in total. The quantitative estimate of drug-likeness (QED) is 0.528. The van der Waals surface area contributed by atoms with Crippen molar-refractivity contribution in [1.29, 1.82) is 0 Å². The third-order valence-corrected chi connectivity index (χ3v) is 6.07. The summed E-state index contributed by atoms with van der Waals surface area (Å²) in [7, 11) is 0. The van der Waals surface area contributed by atoms with Crippen molar-refractivity contribution in [2.24, 2.45) is 0 Å². The van der Waals surface area contributed by atoms with Crippen LogP contribution in [-0.4, -0.2) is 21.6 Å². The molecule has 30 heavy (non-hydrogen) atoms. The van der Waals surface area contributed by atoms with Crippen molar-refractivity contribution < 1.29 is 13.9 Å². The zero-order valence-electron chi connectivity index (χ0n) is 16.3. The van der Waals surface area contributed by atoms with Crippen molar-refractivity contribution in [1.82, 2.24) is 4.90 Å². The van der Waals surface area contributed by atoms with E-state index in [4.69, 9.17) is 17.0 Å². The van der Waals surface area contributed by atoms with E-state index in [2.05, 4.69) is 0 Å². The SMILES string of the molecule is C[C@@]12C[C@@H](c3ccccc3O1)N(C(=O)c1ccccc1)C(=S)N2c1ccc(F)cc1. The van der Waals surface area contributed by atoms with E-state index in [9.17, 15) is 9.18 Å². The highest BCUT2D eigenvalue weighted by Gasteiger charge is 2.53. The summed E-state index contributed by atoms with van der Waals surface area (Å²) in [6.45, 7) is 1.95. The van der Waals surface area contributed by atoms with Gasteiger partial charge in [-0.2, -0.15) is 0 Å². The van der Waals surface area contributed by atoms with Crippen molar-refractivity contribution in [2.45, 2.75) is 25.1 Å². The van der Waals surface area contributed by atoms with E-state index in [1.54, 1.807) is 29.2 Å². The molecule has 2 aliphatic rings. The van der Waals surface area contributed by atoms with E-state index < -0.39 is 5.72 Å². The first-order valence-electron chi connectivity index (χ1n) is 9.74. The van der Waals surface area contributed by atoms with Gasteiger partial charge in [0.1, 0.15) is 11.6 Å². The van der Waals surface area contributed by atoms with Gasteiger partial charge in [-0.05, 0) is 61.6 Å². The lowest BCUT2D eigenvalue weighted by molar-refractivity contribution is 0.0184. The molecule has 6 heteroatoms. The second-order valence-corrected chi connectivity index (χ2v) is 8.04. The number of carbonyl (C=O) groups excluding carboxylic acids is 1. The predicted molar refractivity (Wildman–Crippen MR) is 117 cm³/mol. The Labute approximate surface area is 179 Å². The third kappa shape index (κ3) is 2.87. The van der Waals surface area contributed by atoms with Crippen molar-refractivity contribution >= 4 is 28.9 Å². The second-order valence-electron chi connectivity index (χ2n) is 7.67. The molecule has 1 saturated heterocycles. The molecule has 0 saturated carbocycles. The Balaban J connectivity index is 1.67. The van der Waals surface area contributed by atoms with Crippen molar-refractivity contribution in [3.8, 4) is 5.75 Å². The molecular formula is C24H19FN2O2S. The van der Waals surface area contributed by atoms with E-state index in [1.807, 2.05) is 54.3 Å². The first-order chi connectivity index (χ1) is 14.5. The number of halogens is 1. The van der Waals surface area contributed by atoms with Gasteiger partial charge in [0.2, 0.25) is 0 Å². The highest BCUT2D eigenvalue weighted by molar-refractivity contribution is 7.80. The van der Waals surface area contributed by atoms with E-state index in [1.165, 1.54) is 12.1 Å². The Morgan fingerprint density at radius 3 is 2.43 bits per heavy atom. The van der Waals surface area contributed by atoms with Gasteiger partial charge < -0.3 is 4.74 Å². The number of hydrogen-bond acceptors (Lipinski definition) is 3. The zero-order valence-corrected chi connectivity index (χ0v) is 17.1. The van der Waals surface area contributed by atoms with Gasteiger partial charge in [0.05, 0.1) is 6.04 Å². The van der Waals surface area contributed by atoms with Crippen LogP contribution in [0.5, 0.6) is 5.75 Å². The minimum absolute atomic E-state index is 0.170. The fourth-order valence-electron chi connectivity index (χ4n) is 4.33. The fraction of sp³-hybridized carbons (Fsp3) is 0.167. The van der Waals surface area contributed by atoms with Crippen molar-refractivity contribution in [2.75, 3.05) is 4.90 Å². The molecule has 1 amide bonds. The Hall–Kier alpha value is -3.25. The molecule has 2 heterocycles. The predicted octanol–water partition coefficient (Wildman–Crippen LogP) is 5.31. The van der Waals surface area contributed by atoms with Crippen LogP contribution < -0.4 is 9.64 Å². The number of ether oxygens (including phenoxy) is 1. The summed E-state index contributed by atoms with van der Waals surface area (Å²) < 4.78 is 20.0. The van der Waals surface area contributed by atoms with E-state index in [-0.39, 0.29) is 17.8 Å². The zero-order chi connectivity index (χ0) is 20.9.